The van der Waals surface area contributed by atoms with Gasteiger partial charge in [0.15, 0.2) is 0 Å². The van der Waals surface area contributed by atoms with Gasteiger partial charge >= 0.3 is 0 Å². The maximum atomic E-state index is 11.7. The minimum absolute atomic E-state index is 0.0155. The van der Waals surface area contributed by atoms with Gasteiger partial charge in [0.25, 0.3) is 0 Å². The molecule has 1 amide bonds. The fourth-order valence-corrected chi connectivity index (χ4v) is 2.71. The average molecular weight is 362 g/mol. The first-order valence-corrected chi connectivity index (χ1v) is 7.20. The summed E-state index contributed by atoms with van der Waals surface area (Å²) in [5, 5.41) is 6.04. The third kappa shape index (κ3) is 4.08. The van der Waals surface area contributed by atoms with E-state index in [0.717, 1.165) is 27.1 Å². The third-order valence-corrected chi connectivity index (χ3v) is 3.96. The van der Waals surface area contributed by atoms with E-state index in [1.54, 1.807) is 0 Å². The highest BCUT2D eigenvalue weighted by Gasteiger charge is 2.20. The first-order valence-electron chi connectivity index (χ1n) is 5.61. The molecule has 1 fully saturated rings. The van der Waals surface area contributed by atoms with Gasteiger partial charge in [-0.05, 0) is 69.3 Å². The molecular formula is C12H14Br2N2O. The zero-order chi connectivity index (χ0) is 12.3. The molecule has 17 heavy (non-hydrogen) atoms. The van der Waals surface area contributed by atoms with E-state index in [1.165, 1.54) is 12.8 Å². The summed E-state index contributed by atoms with van der Waals surface area (Å²) >= 11 is 6.82. The Bertz CT molecular complexity index is 399. The average Bonchev–Trinajstić information content (AvgIpc) is 3.08. The summed E-state index contributed by atoms with van der Waals surface area (Å²) in [7, 11) is 0. The monoisotopic (exact) mass is 360 g/mol. The molecule has 0 atom stereocenters. The molecule has 0 heterocycles. The van der Waals surface area contributed by atoms with Gasteiger partial charge in [-0.25, -0.2) is 0 Å². The van der Waals surface area contributed by atoms with Crippen LogP contribution in [0.3, 0.4) is 0 Å². The summed E-state index contributed by atoms with van der Waals surface area (Å²) in [6, 6.07) is 5.71. The van der Waals surface area contributed by atoms with Crippen molar-refractivity contribution in [2.45, 2.75) is 12.8 Å². The lowest BCUT2D eigenvalue weighted by Gasteiger charge is -2.09. The predicted octanol–water partition coefficient (Wildman–Crippen LogP) is 3.15. The fourth-order valence-electron chi connectivity index (χ4n) is 1.51. The van der Waals surface area contributed by atoms with Crippen molar-refractivity contribution in [3.05, 3.63) is 27.1 Å². The lowest BCUT2D eigenvalue weighted by atomic mass is 10.3. The summed E-state index contributed by atoms with van der Waals surface area (Å²) in [6.07, 6.45) is 2.59. The number of rotatable bonds is 5. The van der Waals surface area contributed by atoms with Crippen LogP contribution in [0.25, 0.3) is 0 Å². The molecule has 0 saturated heterocycles. The van der Waals surface area contributed by atoms with Crippen LogP contribution < -0.4 is 10.6 Å². The van der Waals surface area contributed by atoms with Crippen LogP contribution in [0.2, 0.25) is 0 Å². The number of para-hydroxylation sites is 1. The molecule has 5 heteroatoms. The van der Waals surface area contributed by atoms with Gasteiger partial charge in [0, 0.05) is 8.95 Å². The van der Waals surface area contributed by atoms with E-state index in [9.17, 15) is 4.79 Å². The lowest BCUT2D eigenvalue weighted by Crippen LogP contribution is -2.29. The molecule has 3 nitrogen and oxygen atoms in total. The predicted molar refractivity (Wildman–Crippen MR) is 76.1 cm³/mol. The van der Waals surface area contributed by atoms with Crippen LogP contribution >= 0.6 is 31.9 Å². The summed E-state index contributed by atoms with van der Waals surface area (Å²) < 4.78 is 1.75. The lowest BCUT2D eigenvalue weighted by molar-refractivity contribution is -0.115. The Labute approximate surface area is 118 Å². The standard InChI is InChI=1S/C12H14Br2N2O/c13-9-2-1-3-10(14)12(9)16-11(17)7-15-6-8-4-5-8/h1-3,8,15H,4-7H2,(H,16,17). The SMILES string of the molecule is O=C(CNCC1CC1)Nc1c(Br)cccc1Br. The molecule has 0 spiro atoms. The molecule has 1 aliphatic carbocycles. The number of hydrogen-bond donors (Lipinski definition) is 2. The first-order chi connectivity index (χ1) is 8.16. The zero-order valence-electron chi connectivity index (χ0n) is 9.30. The molecule has 2 N–H and O–H groups in total. The first kappa shape index (κ1) is 13.1. The van der Waals surface area contributed by atoms with E-state index >= 15 is 0 Å². The van der Waals surface area contributed by atoms with Gasteiger partial charge in [-0.3, -0.25) is 4.79 Å². The van der Waals surface area contributed by atoms with Crippen molar-refractivity contribution in [3.63, 3.8) is 0 Å². The van der Waals surface area contributed by atoms with E-state index in [2.05, 4.69) is 42.5 Å². The van der Waals surface area contributed by atoms with E-state index in [4.69, 9.17) is 0 Å². The number of hydrogen-bond acceptors (Lipinski definition) is 2. The summed E-state index contributed by atoms with van der Waals surface area (Å²) in [5.74, 6) is 0.774. The van der Waals surface area contributed by atoms with Gasteiger partial charge in [0.05, 0.1) is 12.2 Å². The molecule has 0 aromatic heterocycles. The largest absolute Gasteiger partial charge is 0.323 e. The quantitative estimate of drug-likeness (QED) is 0.845. The molecule has 92 valence electrons. The molecular weight excluding hydrogens is 348 g/mol. The second-order valence-electron chi connectivity index (χ2n) is 4.22. The number of carbonyl (C=O) groups is 1. The van der Waals surface area contributed by atoms with Crippen LogP contribution in [0.5, 0.6) is 0 Å². The summed E-state index contributed by atoms with van der Waals surface area (Å²) in [5.41, 5.74) is 0.783. The molecule has 1 aromatic rings. The molecule has 0 unspecified atom stereocenters. The van der Waals surface area contributed by atoms with Crippen molar-refractivity contribution < 1.29 is 4.79 Å². The second-order valence-corrected chi connectivity index (χ2v) is 5.93. The molecule has 1 aromatic carbocycles. The van der Waals surface area contributed by atoms with E-state index in [1.807, 2.05) is 18.2 Å². The maximum absolute atomic E-state index is 11.7. The highest BCUT2D eigenvalue weighted by Crippen LogP contribution is 2.30. The zero-order valence-corrected chi connectivity index (χ0v) is 12.5. The van der Waals surface area contributed by atoms with Crippen LogP contribution in [-0.2, 0) is 4.79 Å². The Kier molecular flexibility index (Phi) is 4.59. The smallest absolute Gasteiger partial charge is 0.238 e. The van der Waals surface area contributed by atoms with Crippen LogP contribution in [0.4, 0.5) is 5.69 Å². The third-order valence-electron chi connectivity index (χ3n) is 2.64. The molecule has 1 aliphatic rings. The van der Waals surface area contributed by atoms with Crippen LogP contribution in [-0.4, -0.2) is 19.0 Å². The molecule has 0 aliphatic heterocycles. The highest BCUT2D eigenvalue weighted by molar-refractivity contribution is 9.11. The fraction of sp³-hybridized carbons (Fsp3) is 0.417. The van der Waals surface area contributed by atoms with Crippen molar-refractivity contribution >= 4 is 43.5 Å². The number of carbonyl (C=O) groups excluding carboxylic acids is 1. The van der Waals surface area contributed by atoms with Gasteiger partial charge in [-0.1, -0.05) is 6.07 Å². The Morgan fingerprint density at radius 2 is 1.94 bits per heavy atom. The van der Waals surface area contributed by atoms with Crippen LogP contribution in [0, 0.1) is 5.92 Å². The van der Waals surface area contributed by atoms with Crippen molar-refractivity contribution in [3.8, 4) is 0 Å². The van der Waals surface area contributed by atoms with Gasteiger partial charge in [0.2, 0.25) is 5.91 Å². The van der Waals surface area contributed by atoms with E-state index in [0.29, 0.717) is 6.54 Å². The van der Waals surface area contributed by atoms with Crippen molar-refractivity contribution in [1.82, 2.24) is 5.32 Å². The minimum atomic E-state index is -0.0155. The molecule has 1 saturated carbocycles. The Morgan fingerprint density at radius 3 is 2.53 bits per heavy atom. The minimum Gasteiger partial charge on any atom is -0.323 e. The van der Waals surface area contributed by atoms with Gasteiger partial charge in [0.1, 0.15) is 0 Å². The van der Waals surface area contributed by atoms with E-state index < -0.39 is 0 Å². The Hall–Kier alpha value is -0.390. The van der Waals surface area contributed by atoms with Gasteiger partial charge in [-0.2, -0.15) is 0 Å². The number of anilines is 1. The van der Waals surface area contributed by atoms with Crippen LogP contribution in [0.15, 0.2) is 27.1 Å². The molecule has 0 bridgehead atoms. The van der Waals surface area contributed by atoms with Crippen molar-refractivity contribution in [2.24, 2.45) is 5.92 Å². The normalized spacial score (nSPS) is 14.7. The Balaban J connectivity index is 1.84. The number of nitrogens with one attached hydrogen (secondary N) is 2. The second kappa shape index (κ2) is 5.98. The highest BCUT2D eigenvalue weighted by atomic mass is 79.9. The van der Waals surface area contributed by atoms with Crippen LogP contribution in [0.1, 0.15) is 12.8 Å². The molecule has 0 radical (unpaired) electrons. The van der Waals surface area contributed by atoms with Crippen molar-refractivity contribution in [1.29, 1.82) is 0 Å². The van der Waals surface area contributed by atoms with E-state index in [-0.39, 0.29) is 5.91 Å². The number of amides is 1. The number of benzene rings is 1. The Morgan fingerprint density at radius 1 is 1.29 bits per heavy atom. The summed E-state index contributed by atoms with van der Waals surface area (Å²) in [6.45, 7) is 1.31. The molecule has 2 rings (SSSR count). The maximum Gasteiger partial charge on any atom is 0.238 e. The van der Waals surface area contributed by atoms with Crippen molar-refractivity contribution in [2.75, 3.05) is 18.4 Å². The van der Waals surface area contributed by atoms with Gasteiger partial charge < -0.3 is 10.6 Å². The van der Waals surface area contributed by atoms with Gasteiger partial charge in [-0.15, -0.1) is 0 Å². The number of halogens is 2. The topological polar surface area (TPSA) is 41.1 Å². The summed E-state index contributed by atoms with van der Waals surface area (Å²) in [4.78, 5) is 11.7.